The number of ether oxygens (including phenoxy) is 2. The highest BCUT2D eigenvalue weighted by Crippen LogP contribution is 2.33. The fourth-order valence-electron chi connectivity index (χ4n) is 2.93. The molecule has 0 unspecified atom stereocenters. The number of amides is 1. The zero-order valence-corrected chi connectivity index (χ0v) is 16.8. The molecule has 0 bridgehead atoms. The minimum absolute atomic E-state index is 0.0489. The standard InChI is InChI=1S/C20H18F4N4O3/c1-27(11-12-4-9-15(30-2)10-16(12)31-3)19(29)17-18(20(22,23)24)28(26-25-17)14-7-5-13(21)6-8-14/h4-10H,11H2,1-3H3. The van der Waals surface area contributed by atoms with Crippen LogP contribution in [0.1, 0.15) is 21.7 Å². The van der Waals surface area contributed by atoms with Crippen molar-refractivity contribution in [2.75, 3.05) is 21.3 Å². The molecule has 0 aliphatic carbocycles. The third kappa shape index (κ3) is 4.60. The molecule has 0 aliphatic heterocycles. The van der Waals surface area contributed by atoms with Crippen LogP contribution in [0.15, 0.2) is 42.5 Å². The van der Waals surface area contributed by atoms with Gasteiger partial charge in [-0.2, -0.15) is 13.2 Å². The minimum Gasteiger partial charge on any atom is -0.497 e. The van der Waals surface area contributed by atoms with Gasteiger partial charge >= 0.3 is 6.18 Å². The van der Waals surface area contributed by atoms with Crippen LogP contribution in [0.5, 0.6) is 11.5 Å². The van der Waals surface area contributed by atoms with Gasteiger partial charge in [0.25, 0.3) is 5.91 Å². The Kier molecular flexibility index (Phi) is 6.14. The van der Waals surface area contributed by atoms with Crippen molar-refractivity contribution in [3.63, 3.8) is 0 Å². The molecule has 1 amide bonds. The van der Waals surface area contributed by atoms with Gasteiger partial charge in [0.1, 0.15) is 17.3 Å². The summed E-state index contributed by atoms with van der Waals surface area (Å²) in [5.74, 6) is -0.679. The lowest BCUT2D eigenvalue weighted by Gasteiger charge is -2.19. The van der Waals surface area contributed by atoms with E-state index in [1.807, 2.05) is 0 Å². The summed E-state index contributed by atoms with van der Waals surface area (Å²) in [4.78, 5) is 13.9. The van der Waals surface area contributed by atoms with Gasteiger partial charge in [-0.15, -0.1) is 5.10 Å². The summed E-state index contributed by atoms with van der Waals surface area (Å²) < 4.78 is 65.3. The predicted octanol–water partition coefficient (Wildman–Crippen LogP) is 3.71. The number of aromatic nitrogens is 3. The number of methoxy groups -OCH3 is 2. The summed E-state index contributed by atoms with van der Waals surface area (Å²) in [7, 11) is 4.24. The summed E-state index contributed by atoms with van der Waals surface area (Å²) >= 11 is 0. The molecule has 0 N–H and O–H groups in total. The normalized spacial score (nSPS) is 11.3. The van der Waals surface area contributed by atoms with E-state index >= 15 is 0 Å². The number of alkyl halides is 3. The summed E-state index contributed by atoms with van der Waals surface area (Å²) in [6.45, 7) is -0.0489. The van der Waals surface area contributed by atoms with Gasteiger partial charge in [0.2, 0.25) is 0 Å². The molecule has 0 aliphatic rings. The molecule has 0 saturated carbocycles. The SMILES string of the molecule is COc1ccc(CN(C)C(=O)c2nnn(-c3ccc(F)cc3)c2C(F)(F)F)c(OC)c1. The van der Waals surface area contributed by atoms with Crippen molar-refractivity contribution >= 4 is 5.91 Å². The van der Waals surface area contributed by atoms with Gasteiger partial charge in [0.05, 0.1) is 19.9 Å². The Morgan fingerprint density at radius 1 is 1.10 bits per heavy atom. The van der Waals surface area contributed by atoms with E-state index in [1.165, 1.54) is 21.3 Å². The van der Waals surface area contributed by atoms with Gasteiger partial charge < -0.3 is 14.4 Å². The lowest BCUT2D eigenvalue weighted by atomic mass is 10.1. The molecule has 1 heterocycles. The number of hydrogen-bond acceptors (Lipinski definition) is 5. The van der Waals surface area contributed by atoms with Crippen molar-refractivity contribution in [2.24, 2.45) is 0 Å². The number of rotatable bonds is 6. The van der Waals surface area contributed by atoms with Crippen LogP contribution in [0.4, 0.5) is 17.6 Å². The second kappa shape index (κ2) is 8.62. The maximum atomic E-state index is 13.8. The van der Waals surface area contributed by atoms with Gasteiger partial charge in [-0.25, -0.2) is 9.07 Å². The zero-order chi connectivity index (χ0) is 22.8. The number of benzene rings is 2. The molecule has 3 aromatic rings. The van der Waals surface area contributed by atoms with Crippen LogP contribution in [-0.2, 0) is 12.7 Å². The lowest BCUT2D eigenvalue weighted by Crippen LogP contribution is -2.29. The number of nitrogens with zero attached hydrogens (tertiary/aromatic N) is 4. The number of carbonyl (C=O) groups excluding carboxylic acids is 1. The molecule has 164 valence electrons. The molecule has 0 radical (unpaired) electrons. The molecule has 0 fully saturated rings. The summed E-state index contributed by atoms with van der Waals surface area (Å²) in [5, 5.41) is 6.96. The topological polar surface area (TPSA) is 69.5 Å². The Morgan fingerprint density at radius 3 is 2.35 bits per heavy atom. The van der Waals surface area contributed by atoms with E-state index in [0.29, 0.717) is 21.7 Å². The maximum absolute atomic E-state index is 13.8. The average molecular weight is 438 g/mol. The van der Waals surface area contributed by atoms with E-state index in [9.17, 15) is 22.4 Å². The third-order valence-corrected chi connectivity index (χ3v) is 4.46. The van der Waals surface area contributed by atoms with Gasteiger partial charge in [-0.05, 0) is 36.4 Å². The Hall–Kier alpha value is -3.63. The van der Waals surface area contributed by atoms with E-state index in [2.05, 4.69) is 10.3 Å². The van der Waals surface area contributed by atoms with E-state index in [1.54, 1.807) is 18.2 Å². The van der Waals surface area contributed by atoms with E-state index < -0.39 is 29.3 Å². The van der Waals surface area contributed by atoms with Crippen LogP contribution in [0.2, 0.25) is 0 Å². The first-order valence-electron chi connectivity index (χ1n) is 8.91. The second-order valence-electron chi connectivity index (χ2n) is 6.51. The highest BCUT2D eigenvalue weighted by Gasteiger charge is 2.42. The summed E-state index contributed by atoms with van der Waals surface area (Å²) in [6, 6.07) is 9.07. The molecular formula is C20H18F4N4O3. The Morgan fingerprint density at radius 2 is 1.77 bits per heavy atom. The molecular weight excluding hydrogens is 420 g/mol. The zero-order valence-electron chi connectivity index (χ0n) is 16.8. The molecule has 2 aromatic carbocycles. The molecule has 31 heavy (non-hydrogen) atoms. The van der Waals surface area contributed by atoms with Crippen LogP contribution in [0.25, 0.3) is 5.69 Å². The second-order valence-corrected chi connectivity index (χ2v) is 6.51. The first-order valence-corrected chi connectivity index (χ1v) is 8.91. The van der Waals surface area contributed by atoms with Crippen LogP contribution in [-0.4, -0.2) is 47.1 Å². The van der Waals surface area contributed by atoms with Crippen molar-refractivity contribution < 1.29 is 31.8 Å². The lowest BCUT2D eigenvalue weighted by molar-refractivity contribution is -0.143. The first kappa shape index (κ1) is 22.1. The van der Waals surface area contributed by atoms with Crippen LogP contribution < -0.4 is 9.47 Å². The first-order chi connectivity index (χ1) is 14.7. The minimum atomic E-state index is -4.93. The summed E-state index contributed by atoms with van der Waals surface area (Å²) in [5.41, 5.74) is -1.75. The fourth-order valence-corrected chi connectivity index (χ4v) is 2.93. The van der Waals surface area contributed by atoms with Gasteiger partial charge in [0, 0.05) is 25.2 Å². The highest BCUT2D eigenvalue weighted by atomic mass is 19.4. The van der Waals surface area contributed by atoms with Gasteiger partial charge in [-0.3, -0.25) is 4.79 Å². The van der Waals surface area contributed by atoms with Crippen LogP contribution in [0.3, 0.4) is 0 Å². The largest absolute Gasteiger partial charge is 0.497 e. The monoisotopic (exact) mass is 438 g/mol. The van der Waals surface area contributed by atoms with Crippen molar-refractivity contribution in [1.82, 2.24) is 19.9 Å². The number of hydrogen-bond donors (Lipinski definition) is 0. The Labute approximate surface area is 174 Å². The average Bonchev–Trinajstić information content (AvgIpc) is 3.19. The fraction of sp³-hybridized carbons (Fsp3) is 0.250. The molecule has 1 aromatic heterocycles. The van der Waals surface area contributed by atoms with Gasteiger partial charge in [-0.1, -0.05) is 5.21 Å². The highest BCUT2D eigenvalue weighted by molar-refractivity contribution is 5.93. The molecule has 3 rings (SSSR count). The van der Waals surface area contributed by atoms with E-state index in [-0.39, 0.29) is 12.2 Å². The molecule has 0 atom stereocenters. The van der Waals surface area contributed by atoms with E-state index in [4.69, 9.17) is 9.47 Å². The maximum Gasteiger partial charge on any atom is 0.435 e. The van der Waals surface area contributed by atoms with Crippen LogP contribution >= 0.6 is 0 Å². The van der Waals surface area contributed by atoms with Crippen molar-refractivity contribution in [1.29, 1.82) is 0 Å². The van der Waals surface area contributed by atoms with Crippen molar-refractivity contribution in [3.8, 4) is 17.2 Å². The quantitative estimate of drug-likeness (QED) is 0.549. The third-order valence-electron chi connectivity index (χ3n) is 4.46. The Balaban J connectivity index is 1.95. The molecule has 7 nitrogen and oxygen atoms in total. The Bertz CT molecular complexity index is 1080. The van der Waals surface area contributed by atoms with Crippen molar-refractivity contribution in [3.05, 3.63) is 65.2 Å². The van der Waals surface area contributed by atoms with Crippen molar-refractivity contribution in [2.45, 2.75) is 12.7 Å². The molecule has 0 saturated heterocycles. The summed E-state index contributed by atoms with van der Waals surface area (Å²) in [6.07, 6.45) is -4.93. The van der Waals surface area contributed by atoms with Gasteiger partial charge in [0.15, 0.2) is 11.4 Å². The van der Waals surface area contributed by atoms with E-state index in [0.717, 1.165) is 29.2 Å². The number of carbonyl (C=O) groups is 1. The molecule has 0 spiro atoms. The molecule has 11 heteroatoms. The predicted molar refractivity (Wildman–Crippen MR) is 102 cm³/mol. The smallest absolute Gasteiger partial charge is 0.435 e. The number of halogens is 4. The van der Waals surface area contributed by atoms with Crippen LogP contribution in [0, 0.1) is 5.82 Å².